The van der Waals surface area contributed by atoms with Crippen molar-refractivity contribution in [2.45, 2.75) is 50.2 Å². The lowest BCUT2D eigenvalue weighted by Gasteiger charge is -2.43. The Balaban J connectivity index is 1.41. The normalized spacial score (nSPS) is 21.7. The Morgan fingerprint density at radius 3 is 2.10 bits per heavy atom. The quantitative estimate of drug-likeness (QED) is 0.783. The number of halogens is 1. The highest BCUT2D eigenvalue weighted by molar-refractivity contribution is 5.25. The molecule has 1 unspecified atom stereocenters. The van der Waals surface area contributed by atoms with Crippen molar-refractivity contribution < 1.29 is 9.50 Å². The van der Waals surface area contributed by atoms with Crippen molar-refractivity contribution in [3.8, 4) is 0 Å². The van der Waals surface area contributed by atoms with Gasteiger partial charge in [-0.2, -0.15) is 0 Å². The van der Waals surface area contributed by atoms with Gasteiger partial charge < -0.3 is 10.0 Å². The van der Waals surface area contributed by atoms with Gasteiger partial charge in [0, 0.05) is 45.2 Å². The molecule has 0 amide bonds. The van der Waals surface area contributed by atoms with Gasteiger partial charge in [-0.15, -0.1) is 0 Å². The molecule has 0 radical (unpaired) electrons. The molecule has 4 rings (SSSR count). The molecule has 4 heteroatoms. The predicted octanol–water partition coefficient (Wildman–Crippen LogP) is 4.42. The molecular formula is C25H33FN2O. The minimum absolute atomic E-state index is 0.0454. The topological polar surface area (TPSA) is 26.7 Å². The Bertz CT molecular complexity index is 750. The minimum atomic E-state index is -0.669. The van der Waals surface area contributed by atoms with Gasteiger partial charge in [-0.05, 0) is 36.1 Å². The third-order valence-electron chi connectivity index (χ3n) is 6.80. The summed E-state index contributed by atoms with van der Waals surface area (Å²) in [6.07, 6.45) is 5.07. The first kappa shape index (κ1) is 20.5. The van der Waals surface area contributed by atoms with Gasteiger partial charge in [-0.25, -0.2) is 4.39 Å². The van der Waals surface area contributed by atoms with Crippen molar-refractivity contribution in [2.75, 3.05) is 32.7 Å². The monoisotopic (exact) mass is 396 g/mol. The zero-order valence-corrected chi connectivity index (χ0v) is 17.3. The molecule has 2 fully saturated rings. The molecule has 3 nitrogen and oxygen atoms in total. The summed E-state index contributed by atoms with van der Waals surface area (Å²) in [5.74, 6) is -0.165. The maximum absolute atomic E-state index is 13.5. The van der Waals surface area contributed by atoms with Gasteiger partial charge in [0.1, 0.15) is 5.82 Å². The zero-order valence-electron chi connectivity index (χ0n) is 17.3. The molecule has 1 saturated heterocycles. The van der Waals surface area contributed by atoms with Crippen LogP contribution in [0.25, 0.3) is 0 Å². The van der Waals surface area contributed by atoms with Crippen molar-refractivity contribution in [2.24, 2.45) is 0 Å². The van der Waals surface area contributed by atoms with Crippen LogP contribution >= 0.6 is 0 Å². The molecule has 1 heterocycles. The Morgan fingerprint density at radius 2 is 1.45 bits per heavy atom. The number of hydrogen-bond acceptors (Lipinski definition) is 3. The second-order valence-corrected chi connectivity index (χ2v) is 8.83. The van der Waals surface area contributed by atoms with E-state index in [1.165, 1.54) is 24.1 Å². The third kappa shape index (κ3) is 5.25. The van der Waals surface area contributed by atoms with E-state index in [0.717, 1.165) is 70.5 Å². The molecule has 1 saturated carbocycles. The molecule has 2 aromatic rings. The molecule has 1 aliphatic carbocycles. The Labute approximate surface area is 174 Å². The Morgan fingerprint density at radius 1 is 0.828 bits per heavy atom. The van der Waals surface area contributed by atoms with Gasteiger partial charge in [0.2, 0.25) is 0 Å². The van der Waals surface area contributed by atoms with E-state index in [2.05, 4.69) is 40.1 Å². The van der Waals surface area contributed by atoms with E-state index in [9.17, 15) is 9.50 Å². The van der Waals surface area contributed by atoms with Crippen molar-refractivity contribution in [3.63, 3.8) is 0 Å². The first-order chi connectivity index (χ1) is 14.1. The number of rotatable bonds is 6. The summed E-state index contributed by atoms with van der Waals surface area (Å²) in [6.45, 7) is 5.97. The predicted molar refractivity (Wildman–Crippen MR) is 115 cm³/mol. The minimum Gasteiger partial charge on any atom is -0.389 e. The summed E-state index contributed by atoms with van der Waals surface area (Å²) in [6, 6.07) is 17.5. The fraction of sp³-hybridized carbons (Fsp3) is 0.520. The van der Waals surface area contributed by atoms with Crippen molar-refractivity contribution in [3.05, 3.63) is 71.5 Å². The molecule has 2 aliphatic rings. The first-order valence-corrected chi connectivity index (χ1v) is 11.1. The van der Waals surface area contributed by atoms with Gasteiger partial charge >= 0.3 is 0 Å². The maximum atomic E-state index is 13.5. The van der Waals surface area contributed by atoms with E-state index in [0.29, 0.717) is 0 Å². The highest BCUT2D eigenvalue weighted by atomic mass is 19.1. The van der Waals surface area contributed by atoms with Crippen LogP contribution in [0.3, 0.4) is 0 Å². The van der Waals surface area contributed by atoms with Crippen LogP contribution in [0, 0.1) is 5.82 Å². The second kappa shape index (κ2) is 9.38. The summed E-state index contributed by atoms with van der Waals surface area (Å²) < 4.78 is 13.5. The molecule has 0 aromatic heterocycles. The van der Waals surface area contributed by atoms with E-state index in [-0.39, 0.29) is 11.7 Å². The fourth-order valence-corrected chi connectivity index (χ4v) is 5.02. The maximum Gasteiger partial charge on any atom is 0.123 e. The fourth-order valence-electron chi connectivity index (χ4n) is 5.02. The summed E-state index contributed by atoms with van der Waals surface area (Å²) in [7, 11) is 0. The lowest BCUT2D eigenvalue weighted by atomic mass is 9.72. The zero-order chi connectivity index (χ0) is 20.1. The average Bonchev–Trinajstić information content (AvgIpc) is 2.75. The number of hydrogen-bond donors (Lipinski definition) is 1. The number of piperazine rings is 1. The van der Waals surface area contributed by atoms with E-state index in [1.54, 1.807) is 0 Å². The third-order valence-corrected chi connectivity index (χ3v) is 6.80. The SMILES string of the molecule is OC1(C(CN2CCN(Cc3ccccc3)CC2)c2ccc(F)cc2)CCCCC1. The molecule has 2 aromatic carbocycles. The van der Waals surface area contributed by atoms with Crippen LogP contribution in [-0.4, -0.2) is 53.2 Å². The molecule has 0 bridgehead atoms. The molecule has 0 spiro atoms. The largest absolute Gasteiger partial charge is 0.389 e. The highest BCUT2D eigenvalue weighted by Gasteiger charge is 2.39. The van der Waals surface area contributed by atoms with Gasteiger partial charge in [-0.1, -0.05) is 61.7 Å². The summed E-state index contributed by atoms with van der Waals surface area (Å²) in [4.78, 5) is 5.00. The van der Waals surface area contributed by atoms with E-state index >= 15 is 0 Å². The van der Waals surface area contributed by atoms with E-state index < -0.39 is 5.60 Å². The van der Waals surface area contributed by atoms with E-state index in [4.69, 9.17) is 0 Å². The second-order valence-electron chi connectivity index (χ2n) is 8.83. The first-order valence-electron chi connectivity index (χ1n) is 11.1. The summed E-state index contributed by atoms with van der Waals surface area (Å²) in [5.41, 5.74) is 1.77. The van der Waals surface area contributed by atoms with Crippen LogP contribution in [0.1, 0.15) is 49.1 Å². The lowest BCUT2D eigenvalue weighted by molar-refractivity contribution is -0.0344. The Kier molecular flexibility index (Phi) is 6.63. The average molecular weight is 397 g/mol. The van der Waals surface area contributed by atoms with Crippen LogP contribution in [0.15, 0.2) is 54.6 Å². The van der Waals surface area contributed by atoms with Crippen LogP contribution < -0.4 is 0 Å². The van der Waals surface area contributed by atoms with Crippen molar-refractivity contribution >= 4 is 0 Å². The summed E-state index contributed by atoms with van der Waals surface area (Å²) in [5, 5.41) is 11.5. The van der Waals surface area contributed by atoms with Gasteiger partial charge in [0.05, 0.1) is 5.60 Å². The molecule has 156 valence electrons. The standard InChI is InChI=1S/C25H33FN2O/c26-23-11-9-22(10-12-23)24(25(29)13-5-2-6-14-25)20-28-17-15-27(16-18-28)19-21-7-3-1-4-8-21/h1,3-4,7-12,24,29H,2,5-6,13-20H2. The van der Waals surface area contributed by atoms with E-state index in [1.807, 2.05) is 12.1 Å². The van der Waals surface area contributed by atoms with Gasteiger partial charge in [0.25, 0.3) is 0 Å². The van der Waals surface area contributed by atoms with Crippen LogP contribution in [0.5, 0.6) is 0 Å². The van der Waals surface area contributed by atoms with Gasteiger partial charge in [-0.3, -0.25) is 4.90 Å². The van der Waals surface area contributed by atoms with Crippen LogP contribution in [0.2, 0.25) is 0 Å². The molecule has 29 heavy (non-hydrogen) atoms. The molecule has 1 aliphatic heterocycles. The van der Waals surface area contributed by atoms with Crippen molar-refractivity contribution in [1.29, 1.82) is 0 Å². The van der Waals surface area contributed by atoms with Crippen molar-refractivity contribution in [1.82, 2.24) is 9.80 Å². The number of aliphatic hydroxyl groups is 1. The Hall–Kier alpha value is -1.75. The van der Waals surface area contributed by atoms with Crippen LogP contribution in [-0.2, 0) is 6.54 Å². The van der Waals surface area contributed by atoms with Crippen LogP contribution in [0.4, 0.5) is 4.39 Å². The summed E-state index contributed by atoms with van der Waals surface area (Å²) >= 11 is 0. The smallest absolute Gasteiger partial charge is 0.123 e. The lowest BCUT2D eigenvalue weighted by Crippen LogP contribution is -2.50. The number of benzene rings is 2. The molecule has 1 atom stereocenters. The molecule has 1 N–H and O–H groups in total. The molecular weight excluding hydrogens is 363 g/mol. The van der Waals surface area contributed by atoms with Gasteiger partial charge in [0.15, 0.2) is 0 Å². The number of nitrogens with zero attached hydrogens (tertiary/aromatic N) is 2. The highest BCUT2D eigenvalue weighted by Crippen LogP contribution is 2.40.